The van der Waals surface area contributed by atoms with Crippen LogP contribution in [0.2, 0.25) is 0 Å². The van der Waals surface area contributed by atoms with E-state index in [0.717, 1.165) is 16.7 Å². The molecule has 1 heterocycles. The normalized spacial score (nSPS) is 10.9. The van der Waals surface area contributed by atoms with Crippen molar-refractivity contribution in [3.63, 3.8) is 0 Å². The molecule has 0 saturated carbocycles. The van der Waals surface area contributed by atoms with Crippen LogP contribution < -0.4 is 5.48 Å². The van der Waals surface area contributed by atoms with E-state index in [1.54, 1.807) is 6.08 Å². The zero-order chi connectivity index (χ0) is 19.2. The SMILES string of the molecule is O=C(C=Cc1ccc(Cc2nc(-c3ccccc3)c(C(=O)O)[nH]2)cc1)NO. The number of benzene rings is 2. The summed E-state index contributed by atoms with van der Waals surface area (Å²) in [5.74, 6) is -1.12. The Morgan fingerprint density at radius 3 is 2.41 bits per heavy atom. The predicted molar refractivity (Wildman–Crippen MR) is 99.2 cm³/mol. The van der Waals surface area contributed by atoms with Gasteiger partial charge in [0.05, 0.1) is 0 Å². The highest BCUT2D eigenvalue weighted by Gasteiger charge is 2.17. The van der Waals surface area contributed by atoms with Gasteiger partial charge in [-0.2, -0.15) is 0 Å². The summed E-state index contributed by atoms with van der Waals surface area (Å²) in [7, 11) is 0. The number of nitrogens with zero attached hydrogens (tertiary/aromatic N) is 1. The molecule has 0 aliphatic heterocycles. The summed E-state index contributed by atoms with van der Waals surface area (Å²) < 4.78 is 0. The minimum Gasteiger partial charge on any atom is -0.477 e. The zero-order valence-electron chi connectivity index (χ0n) is 14.2. The quantitative estimate of drug-likeness (QED) is 0.305. The Morgan fingerprint density at radius 1 is 1.07 bits per heavy atom. The highest BCUT2D eigenvalue weighted by atomic mass is 16.5. The fraction of sp³-hybridized carbons (Fsp3) is 0.0500. The Bertz CT molecular complexity index is 976. The van der Waals surface area contributed by atoms with Gasteiger partial charge in [0.15, 0.2) is 5.69 Å². The molecule has 2 aromatic carbocycles. The zero-order valence-corrected chi connectivity index (χ0v) is 14.2. The summed E-state index contributed by atoms with van der Waals surface area (Å²) in [6.07, 6.45) is 3.22. The van der Waals surface area contributed by atoms with Gasteiger partial charge in [0.25, 0.3) is 5.91 Å². The lowest BCUT2D eigenvalue weighted by molar-refractivity contribution is -0.124. The van der Waals surface area contributed by atoms with Gasteiger partial charge in [0.2, 0.25) is 0 Å². The number of rotatable bonds is 6. The number of imidazole rings is 1. The number of hydroxylamine groups is 1. The van der Waals surface area contributed by atoms with Crippen molar-refractivity contribution in [1.82, 2.24) is 15.4 Å². The van der Waals surface area contributed by atoms with Gasteiger partial charge in [0, 0.05) is 18.1 Å². The van der Waals surface area contributed by atoms with Gasteiger partial charge in [-0.1, -0.05) is 54.6 Å². The maximum absolute atomic E-state index is 11.5. The molecule has 0 bridgehead atoms. The van der Waals surface area contributed by atoms with E-state index in [2.05, 4.69) is 9.97 Å². The van der Waals surface area contributed by atoms with Crippen molar-refractivity contribution in [2.45, 2.75) is 6.42 Å². The molecule has 7 nitrogen and oxygen atoms in total. The topological polar surface area (TPSA) is 115 Å². The highest BCUT2D eigenvalue weighted by Crippen LogP contribution is 2.22. The lowest BCUT2D eigenvalue weighted by Crippen LogP contribution is -2.14. The molecular weight excluding hydrogens is 346 g/mol. The van der Waals surface area contributed by atoms with Crippen LogP contribution >= 0.6 is 0 Å². The van der Waals surface area contributed by atoms with Crippen LogP contribution in [0.1, 0.15) is 27.4 Å². The van der Waals surface area contributed by atoms with Crippen LogP contribution in [0.5, 0.6) is 0 Å². The Hall–Kier alpha value is -3.71. The van der Waals surface area contributed by atoms with Crippen LogP contribution in [0, 0.1) is 0 Å². The van der Waals surface area contributed by atoms with Crippen molar-refractivity contribution >= 4 is 18.0 Å². The first-order chi connectivity index (χ1) is 13.1. The molecule has 0 spiro atoms. The van der Waals surface area contributed by atoms with Crippen LogP contribution in [-0.4, -0.2) is 32.2 Å². The molecule has 27 heavy (non-hydrogen) atoms. The monoisotopic (exact) mass is 363 g/mol. The van der Waals surface area contributed by atoms with Gasteiger partial charge < -0.3 is 10.1 Å². The molecule has 1 amide bonds. The van der Waals surface area contributed by atoms with E-state index in [4.69, 9.17) is 5.21 Å². The fourth-order valence-corrected chi connectivity index (χ4v) is 2.61. The average molecular weight is 363 g/mol. The Morgan fingerprint density at radius 2 is 1.78 bits per heavy atom. The number of carbonyl (C=O) groups excluding carboxylic acids is 1. The smallest absolute Gasteiger partial charge is 0.354 e. The van der Waals surface area contributed by atoms with E-state index in [0.29, 0.717) is 17.9 Å². The van der Waals surface area contributed by atoms with Crippen molar-refractivity contribution in [2.24, 2.45) is 0 Å². The van der Waals surface area contributed by atoms with Crippen molar-refractivity contribution in [3.05, 3.63) is 83.3 Å². The number of hydrogen-bond acceptors (Lipinski definition) is 4. The van der Waals surface area contributed by atoms with Gasteiger partial charge in [0.1, 0.15) is 11.5 Å². The average Bonchev–Trinajstić information content (AvgIpc) is 3.12. The molecule has 0 fully saturated rings. The number of carbonyl (C=O) groups is 2. The second-order valence-electron chi connectivity index (χ2n) is 5.81. The molecule has 0 unspecified atom stereocenters. The number of nitrogens with one attached hydrogen (secondary N) is 2. The minimum absolute atomic E-state index is 0.0609. The standard InChI is InChI=1S/C20H17N3O4/c24-17(23-27)11-10-13-6-8-14(9-7-13)12-16-21-18(19(22-16)20(25)26)15-4-2-1-3-5-15/h1-11,27H,12H2,(H,21,22)(H,23,24)(H,25,26). The number of aromatic amines is 1. The summed E-state index contributed by atoms with van der Waals surface area (Å²) in [5.41, 5.74) is 4.45. The summed E-state index contributed by atoms with van der Waals surface area (Å²) in [6, 6.07) is 16.5. The number of carboxylic acids is 1. The van der Waals surface area contributed by atoms with Gasteiger partial charge in [-0.3, -0.25) is 10.0 Å². The molecule has 0 saturated heterocycles. The molecular formula is C20H17N3O4. The number of H-pyrrole nitrogens is 1. The van der Waals surface area contributed by atoms with E-state index in [-0.39, 0.29) is 5.69 Å². The van der Waals surface area contributed by atoms with Crippen LogP contribution in [0.3, 0.4) is 0 Å². The first-order valence-electron chi connectivity index (χ1n) is 8.15. The largest absolute Gasteiger partial charge is 0.477 e. The Labute approximate surface area is 155 Å². The maximum atomic E-state index is 11.5. The maximum Gasteiger partial charge on any atom is 0.354 e. The number of carboxylic acid groups (broad SMARTS) is 1. The number of amides is 1. The van der Waals surface area contributed by atoms with Crippen molar-refractivity contribution in [3.8, 4) is 11.3 Å². The van der Waals surface area contributed by atoms with E-state index in [1.807, 2.05) is 54.6 Å². The van der Waals surface area contributed by atoms with E-state index in [9.17, 15) is 14.7 Å². The van der Waals surface area contributed by atoms with E-state index in [1.165, 1.54) is 11.6 Å². The molecule has 4 N–H and O–H groups in total. The van der Waals surface area contributed by atoms with Crippen LogP contribution in [-0.2, 0) is 11.2 Å². The third kappa shape index (κ3) is 4.47. The number of aromatic carboxylic acids is 1. The summed E-state index contributed by atoms with van der Waals surface area (Å²) in [4.78, 5) is 29.9. The van der Waals surface area contributed by atoms with Crippen LogP contribution in [0.25, 0.3) is 17.3 Å². The van der Waals surface area contributed by atoms with Gasteiger partial charge in [-0.05, 0) is 17.2 Å². The van der Waals surface area contributed by atoms with Crippen LogP contribution in [0.15, 0.2) is 60.7 Å². The van der Waals surface area contributed by atoms with Crippen LogP contribution in [0.4, 0.5) is 0 Å². The molecule has 7 heteroatoms. The van der Waals surface area contributed by atoms with E-state index >= 15 is 0 Å². The molecule has 136 valence electrons. The fourth-order valence-electron chi connectivity index (χ4n) is 2.61. The molecule has 0 atom stereocenters. The number of hydrogen-bond donors (Lipinski definition) is 4. The summed E-state index contributed by atoms with van der Waals surface area (Å²) >= 11 is 0. The first kappa shape index (κ1) is 18.1. The summed E-state index contributed by atoms with van der Waals surface area (Å²) in [6.45, 7) is 0. The van der Waals surface area contributed by atoms with Crippen molar-refractivity contribution in [2.75, 3.05) is 0 Å². The lowest BCUT2D eigenvalue weighted by Gasteiger charge is -2.00. The summed E-state index contributed by atoms with van der Waals surface area (Å²) in [5, 5.41) is 17.9. The molecule has 0 aliphatic carbocycles. The number of aromatic nitrogens is 2. The third-order valence-corrected chi connectivity index (χ3v) is 3.90. The molecule has 3 rings (SSSR count). The molecule has 3 aromatic rings. The predicted octanol–water partition coefficient (Wildman–Crippen LogP) is 2.88. The van der Waals surface area contributed by atoms with E-state index < -0.39 is 11.9 Å². The Balaban J connectivity index is 1.81. The Kier molecular flexibility index (Phi) is 5.44. The highest BCUT2D eigenvalue weighted by molar-refractivity contribution is 5.93. The van der Waals surface area contributed by atoms with Gasteiger partial charge in [-0.25, -0.2) is 15.3 Å². The van der Waals surface area contributed by atoms with Crippen molar-refractivity contribution < 1.29 is 19.9 Å². The second kappa shape index (κ2) is 8.11. The van der Waals surface area contributed by atoms with Gasteiger partial charge >= 0.3 is 5.97 Å². The second-order valence-corrected chi connectivity index (χ2v) is 5.81. The molecule has 1 aromatic heterocycles. The van der Waals surface area contributed by atoms with Gasteiger partial charge in [-0.15, -0.1) is 0 Å². The minimum atomic E-state index is -1.06. The first-order valence-corrected chi connectivity index (χ1v) is 8.15. The molecule has 0 radical (unpaired) electrons. The third-order valence-electron chi connectivity index (χ3n) is 3.90. The lowest BCUT2D eigenvalue weighted by atomic mass is 10.1. The molecule has 0 aliphatic rings. The van der Waals surface area contributed by atoms with Crippen molar-refractivity contribution in [1.29, 1.82) is 0 Å².